The lowest BCUT2D eigenvalue weighted by Crippen LogP contribution is -2.04. The van der Waals surface area contributed by atoms with Gasteiger partial charge in [0.15, 0.2) is 11.6 Å². The SMILES string of the molecule is COc1cc(-c2noc(CC(C)O)n2)ccc1F. The Balaban J connectivity index is 2.28. The molecular weight excluding hydrogens is 239 g/mol. The van der Waals surface area contributed by atoms with Crippen molar-refractivity contribution in [2.45, 2.75) is 19.4 Å². The van der Waals surface area contributed by atoms with Gasteiger partial charge < -0.3 is 14.4 Å². The van der Waals surface area contributed by atoms with Crippen LogP contribution < -0.4 is 4.74 Å². The lowest BCUT2D eigenvalue weighted by molar-refractivity contribution is 0.181. The molecule has 2 rings (SSSR count). The lowest BCUT2D eigenvalue weighted by Gasteiger charge is -2.02. The minimum absolute atomic E-state index is 0.120. The molecule has 2 aromatic rings. The van der Waals surface area contributed by atoms with Gasteiger partial charge in [-0.05, 0) is 25.1 Å². The van der Waals surface area contributed by atoms with Crippen molar-refractivity contribution in [3.63, 3.8) is 0 Å². The second-order valence-corrected chi connectivity index (χ2v) is 3.91. The number of benzene rings is 1. The smallest absolute Gasteiger partial charge is 0.229 e. The summed E-state index contributed by atoms with van der Waals surface area (Å²) in [6, 6.07) is 4.31. The van der Waals surface area contributed by atoms with E-state index >= 15 is 0 Å². The monoisotopic (exact) mass is 252 g/mol. The van der Waals surface area contributed by atoms with Gasteiger partial charge in [-0.2, -0.15) is 4.98 Å². The molecule has 0 saturated carbocycles. The molecule has 1 heterocycles. The predicted molar refractivity (Wildman–Crippen MR) is 61.6 cm³/mol. The number of rotatable bonds is 4. The van der Waals surface area contributed by atoms with Crippen LogP contribution in [0.4, 0.5) is 4.39 Å². The third kappa shape index (κ3) is 2.65. The summed E-state index contributed by atoms with van der Waals surface area (Å²) in [4.78, 5) is 4.11. The number of nitrogens with zero attached hydrogens (tertiary/aromatic N) is 2. The van der Waals surface area contributed by atoms with Gasteiger partial charge in [0.05, 0.1) is 19.6 Å². The van der Waals surface area contributed by atoms with Crippen molar-refractivity contribution in [1.82, 2.24) is 10.1 Å². The summed E-state index contributed by atoms with van der Waals surface area (Å²) in [5.74, 6) is 0.343. The van der Waals surface area contributed by atoms with Gasteiger partial charge in [-0.15, -0.1) is 0 Å². The van der Waals surface area contributed by atoms with Crippen LogP contribution >= 0.6 is 0 Å². The first kappa shape index (κ1) is 12.5. The van der Waals surface area contributed by atoms with Crippen molar-refractivity contribution in [3.8, 4) is 17.1 Å². The molecular formula is C12H13FN2O3. The fraction of sp³-hybridized carbons (Fsp3) is 0.333. The highest BCUT2D eigenvalue weighted by Crippen LogP contribution is 2.24. The Morgan fingerprint density at radius 3 is 2.94 bits per heavy atom. The Labute approximate surface area is 103 Å². The number of hydrogen-bond donors (Lipinski definition) is 1. The third-order valence-electron chi connectivity index (χ3n) is 2.35. The summed E-state index contributed by atoms with van der Waals surface area (Å²) in [6.07, 6.45) is -0.272. The second kappa shape index (κ2) is 5.14. The lowest BCUT2D eigenvalue weighted by atomic mass is 10.2. The first-order chi connectivity index (χ1) is 8.60. The molecule has 0 aliphatic heterocycles. The molecule has 18 heavy (non-hydrogen) atoms. The molecule has 1 N–H and O–H groups in total. The first-order valence-corrected chi connectivity index (χ1v) is 5.44. The number of ether oxygens (including phenoxy) is 1. The van der Waals surface area contributed by atoms with E-state index in [9.17, 15) is 9.50 Å². The molecule has 1 atom stereocenters. The fourth-order valence-corrected chi connectivity index (χ4v) is 1.51. The average molecular weight is 252 g/mol. The molecule has 6 heteroatoms. The van der Waals surface area contributed by atoms with Crippen molar-refractivity contribution in [1.29, 1.82) is 0 Å². The highest BCUT2D eigenvalue weighted by atomic mass is 19.1. The topological polar surface area (TPSA) is 68.4 Å². The van der Waals surface area contributed by atoms with Gasteiger partial charge in [0.1, 0.15) is 0 Å². The van der Waals surface area contributed by atoms with Crippen molar-refractivity contribution in [2.24, 2.45) is 0 Å². The van der Waals surface area contributed by atoms with E-state index in [4.69, 9.17) is 9.26 Å². The maximum absolute atomic E-state index is 13.2. The summed E-state index contributed by atoms with van der Waals surface area (Å²) < 4.78 is 23.1. The largest absolute Gasteiger partial charge is 0.494 e. The molecule has 0 fully saturated rings. The van der Waals surface area contributed by atoms with Crippen LogP contribution in [-0.2, 0) is 6.42 Å². The van der Waals surface area contributed by atoms with E-state index in [-0.39, 0.29) is 12.2 Å². The molecule has 1 aromatic carbocycles. The van der Waals surface area contributed by atoms with E-state index in [1.54, 1.807) is 6.92 Å². The molecule has 0 radical (unpaired) electrons. The van der Waals surface area contributed by atoms with E-state index in [0.717, 1.165) is 0 Å². The van der Waals surface area contributed by atoms with E-state index in [1.165, 1.54) is 25.3 Å². The van der Waals surface area contributed by atoms with Gasteiger partial charge >= 0.3 is 0 Å². The minimum atomic E-state index is -0.555. The van der Waals surface area contributed by atoms with Crippen LogP contribution in [0.25, 0.3) is 11.4 Å². The van der Waals surface area contributed by atoms with Crippen molar-refractivity contribution in [3.05, 3.63) is 29.9 Å². The van der Waals surface area contributed by atoms with Crippen LogP contribution in [0.1, 0.15) is 12.8 Å². The molecule has 0 aliphatic rings. The molecule has 0 amide bonds. The number of aliphatic hydroxyl groups excluding tert-OH is 1. The number of methoxy groups -OCH3 is 1. The molecule has 5 nitrogen and oxygen atoms in total. The quantitative estimate of drug-likeness (QED) is 0.898. The average Bonchev–Trinajstić information content (AvgIpc) is 2.77. The molecule has 0 saturated heterocycles. The molecule has 0 bridgehead atoms. The highest BCUT2D eigenvalue weighted by Gasteiger charge is 2.12. The van der Waals surface area contributed by atoms with Gasteiger partial charge in [0, 0.05) is 5.56 Å². The van der Waals surface area contributed by atoms with Gasteiger partial charge in [-0.3, -0.25) is 0 Å². The fourth-order valence-electron chi connectivity index (χ4n) is 1.51. The van der Waals surface area contributed by atoms with Gasteiger partial charge in [0.2, 0.25) is 11.7 Å². The standard InChI is InChI=1S/C12H13FN2O3/c1-7(16)5-11-14-12(15-18-11)8-3-4-9(13)10(6-8)17-2/h3-4,6-7,16H,5H2,1-2H3. The summed E-state index contributed by atoms with van der Waals surface area (Å²) in [6.45, 7) is 1.63. The van der Waals surface area contributed by atoms with Crippen LogP contribution in [0.2, 0.25) is 0 Å². The molecule has 0 aliphatic carbocycles. The molecule has 1 aromatic heterocycles. The van der Waals surface area contributed by atoms with Gasteiger partial charge in [-0.25, -0.2) is 4.39 Å². The van der Waals surface area contributed by atoms with Crippen LogP contribution in [-0.4, -0.2) is 28.5 Å². The third-order valence-corrected chi connectivity index (χ3v) is 2.35. The van der Waals surface area contributed by atoms with Crippen molar-refractivity contribution in [2.75, 3.05) is 7.11 Å². The Hall–Kier alpha value is -1.95. The Morgan fingerprint density at radius 1 is 1.50 bits per heavy atom. The van der Waals surface area contributed by atoms with Gasteiger partial charge in [0.25, 0.3) is 0 Å². The minimum Gasteiger partial charge on any atom is -0.494 e. The summed E-state index contributed by atoms with van der Waals surface area (Å²) in [5, 5.41) is 13.0. The van der Waals surface area contributed by atoms with E-state index in [0.29, 0.717) is 17.3 Å². The maximum atomic E-state index is 13.2. The van der Waals surface area contributed by atoms with Crippen LogP contribution in [0, 0.1) is 5.82 Å². The molecule has 1 unspecified atom stereocenters. The Kier molecular flexibility index (Phi) is 3.57. The number of aromatic nitrogens is 2. The predicted octanol–water partition coefficient (Wildman–Crippen LogP) is 1.81. The first-order valence-electron chi connectivity index (χ1n) is 5.44. The zero-order chi connectivity index (χ0) is 13.1. The number of halogens is 1. The highest BCUT2D eigenvalue weighted by molar-refractivity contribution is 5.57. The second-order valence-electron chi connectivity index (χ2n) is 3.91. The van der Waals surface area contributed by atoms with E-state index in [1.807, 2.05) is 0 Å². The van der Waals surface area contributed by atoms with Crippen LogP contribution in [0.3, 0.4) is 0 Å². The van der Waals surface area contributed by atoms with Gasteiger partial charge in [-0.1, -0.05) is 5.16 Å². The summed E-state index contributed by atoms with van der Waals surface area (Å²) >= 11 is 0. The zero-order valence-electron chi connectivity index (χ0n) is 10.1. The van der Waals surface area contributed by atoms with Crippen molar-refractivity contribution < 1.29 is 18.8 Å². The molecule has 96 valence electrons. The summed E-state index contributed by atoms with van der Waals surface area (Å²) in [7, 11) is 1.39. The number of hydrogen-bond acceptors (Lipinski definition) is 5. The molecule has 0 spiro atoms. The normalized spacial score (nSPS) is 12.4. The van der Waals surface area contributed by atoms with E-state index in [2.05, 4.69) is 10.1 Å². The number of aliphatic hydroxyl groups is 1. The van der Waals surface area contributed by atoms with Crippen molar-refractivity contribution >= 4 is 0 Å². The Bertz CT molecular complexity index is 540. The summed E-state index contributed by atoms with van der Waals surface area (Å²) in [5.41, 5.74) is 0.592. The zero-order valence-corrected chi connectivity index (χ0v) is 10.1. The Morgan fingerprint density at radius 2 is 2.28 bits per heavy atom. The van der Waals surface area contributed by atoms with Crippen LogP contribution in [0.15, 0.2) is 22.7 Å². The maximum Gasteiger partial charge on any atom is 0.229 e. The van der Waals surface area contributed by atoms with Crippen LogP contribution in [0.5, 0.6) is 5.75 Å². The van der Waals surface area contributed by atoms with E-state index < -0.39 is 11.9 Å².